The van der Waals surface area contributed by atoms with E-state index in [4.69, 9.17) is 0 Å². The maximum absolute atomic E-state index is 11.9. The first kappa shape index (κ1) is 16.4. The van der Waals surface area contributed by atoms with Crippen LogP contribution in [0.25, 0.3) is 0 Å². The third kappa shape index (κ3) is 5.71. The maximum atomic E-state index is 11.9. The number of amides is 1. The molecule has 1 N–H and O–H groups in total. The Morgan fingerprint density at radius 3 is 2.67 bits per heavy atom. The Morgan fingerprint density at radius 2 is 1.95 bits per heavy atom. The fourth-order valence-electron chi connectivity index (χ4n) is 1.91. The van der Waals surface area contributed by atoms with Crippen molar-refractivity contribution in [2.75, 3.05) is 11.1 Å². The van der Waals surface area contributed by atoms with Crippen LogP contribution in [0.15, 0.2) is 48.5 Å². The molecule has 2 aromatic carbocycles. The summed E-state index contributed by atoms with van der Waals surface area (Å²) < 4.78 is 1.18. The Labute approximate surface area is 143 Å². The largest absolute Gasteiger partial charge is 0.326 e. The fourth-order valence-corrected chi connectivity index (χ4v) is 3.46. The van der Waals surface area contributed by atoms with Crippen molar-refractivity contribution >= 4 is 45.9 Å². The van der Waals surface area contributed by atoms with E-state index >= 15 is 0 Å². The molecular formula is C17H18INOS. The molecule has 0 aromatic heterocycles. The molecule has 110 valence electrons. The lowest BCUT2D eigenvalue weighted by molar-refractivity contribution is -0.115. The van der Waals surface area contributed by atoms with Gasteiger partial charge in [0.1, 0.15) is 0 Å². The Hall–Kier alpha value is -1.01. The molecule has 0 aliphatic carbocycles. The highest BCUT2D eigenvalue weighted by Gasteiger charge is 2.05. The van der Waals surface area contributed by atoms with Gasteiger partial charge in [0.05, 0.1) is 0 Å². The molecule has 0 heterocycles. The highest BCUT2D eigenvalue weighted by atomic mass is 127. The topological polar surface area (TPSA) is 29.1 Å². The summed E-state index contributed by atoms with van der Waals surface area (Å²) in [7, 11) is 0. The van der Waals surface area contributed by atoms with Crippen LogP contribution in [0.1, 0.15) is 17.5 Å². The fraction of sp³-hybridized carbons (Fsp3) is 0.235. The van der Waals surface area contributed by atoms with Crippen molar-refractivity contribution in [1.82, 2.24) is 0 Å². The zero-order chi connectivity index (χ0) is 15.1. The van der Waals surface area contributed by atoms with Crippen LogP contribution in [0.3, 0.4) is 0 Å². The van der Waals surface area contributed by atoms with Crippen LogP contribution in [-0.4, -0.2) is 11.7 Å². The van der Waals surface area contributed by atoms with Crippen molar-refractivity contribution in [3.63, 3.8) is 0 Å². The van der Waals surface area contributed by atoms with Crippen molar-refractivity contribution in [1.29, 1.82) is 0 Å². The highest BCUT2D eigenvalue weighted by molar-refractivity contribution is 14.1. The van der Waals surface area contributed by atoms with Gasteiger partial charge in [-0.2, -0.15) is 11.8 Å². The zero-order valence-corrected chi connectivity index (χ0v) is 14.9. The van der Waals surface area contributed by atoms with Gasteiger partial charge < -0.3 is 5.32 Å². The van der Waals surface area contributed by atoms with Crippen molar-refractivity contribution in [3.05, 3.63) is 63.2 Å². The summed E-state index contributed by atoms with van der Waals surface area (Å²) in [5.41, 5.74) is 3.32. The summed E-state index contributed by atoms with van der Waals surface area (Å²) in [6.07, 6.45) is 0.545. The second-order valence-electron chi connectivity index (χ2n) is 4.80. The number of benzene rings is 2. The van der Waals surface area contributed by atoms with E-state index in [0.717, 1.165) is 22.8 Å². The van der Waals surface area contributed by atoms with Crippen LogP contribution in [0, 0.1) is 10.5 Å². The average molecular weight is 411 g/mol. The molecule has 0 fully saturated rings. The van der Waals surface area contributed by atoms with Crippen molar-refractivity contribution in [2.24, 2.45) is 0 Å². The molecule has 2 nitrogen and oxygen atoms in total. The number of carbonyl (C=O) groups is 1. The number of halogens is 1. The van der Waals surface area contributed by atoms with Gasteiger partial charge in [0.25, 0.3) is 0 Å². The second-order valence-corrected chi connectivity index (χ2v) is 7.15. The quantitative estimate of drug-likeness (QED) is 0.543. The van der Waals surface area contributed by atoms with E-state index in [-0.39, 0.29) is 5.91 Å². The number of hydrogen-bond donors (Lipinski definition) is 1. The number of anilines is 1. The predicted octanol–water partition coefficient (Wildman–Crippen LogP) is 4.86. The van der Waals surface area contributed by atoms with E-state index < -0.39 is 0 Å². The second kappa shape index (κ2) is 8.44. The molecular weight excluding hydrogens is 393 g/mol. The smallest absolute Gasteiger partial charge is 0.225 e. The zero-order valence-electron chi connectivity index (χ0n) is 11.9. The van der Waals surface area contributed by atoms with E-state index in [1.54, 1.807) is 11.8 Å². The Kier molecular flexibility index (Phi) is 6.57. The molecule has 0 unspecified atom stereocenters. The van der Waals surface area contributed by atoms with Crippen molar-refractivity contribution in [3.8, 4) is 0 Å². The SMILES string of the molecule is Cc1cc(I)ccc1NC(=O)CCSCc1ccccc1. The minimum absolute atomic E-state index is 0.0832. The molecule has 1 amide bonds. The number of hydrogen-bond acceptors (Lipinski definition) is 2. The standard InChI is InChI=1S/C17H18INOS/c1-13-11-15(18)7-8-16(13)19-17(20)9-10-21-12-14-5-3-2-4-6-14/h2-8,11H,9-10,12H2,1H3,(H,19,20). The van der Waals surface area contributed by atoms with Gasteiger partial charge >= 0.3 is 0 Å². The molecule has 2 aromatic rings. The van der Waals surface area contributed by atoms with E-state index in [2.05, 4.69) is 46.1 Å². The summed E-state index contributed by atoms with van der Waals surface area (Å²) in [6, 6.07) is 16.4. The van der Waals surface area contributed by atoms with Gasteiger partial charge in [-0.3, -0.25) is 4.79 Å². The van der Waals surface area contributed by atoms with E-state index in [1.807, 2.05) is 37.3 Å². The lowest BCUT2D eigenvalue weighted by atomic mass is 10.2. The summed E-state index contributed by atoms with van der Waals surface area (Å²) in [5.74, 6) is 1.88. The van der Waals surface area contributed by atoms with Gasteiger partial charge in [0.2, 0.25) is 5.91 Å². The van der Waals surface area contributed by atoms with Crippen LogP contribution in [0.5, 0.6) is 0 Å². The van der Waals surface area contributed by atoms with Gasteiger partial charge in [-0.05, 0) is 58.8 Å². The first-order chi connectivity index (χ1) is 10.1. The summed E-state index contributed by atoms with van der Waals surface area (Å²) >= 11 is 4.06. The average Bonchev–Trinajstić information content (AvgIpc) is 2.48. The molecule has 0 aliphatic heterocycles. The molecule has 0 bridgehead atoms. The van der Waals surface area contributed by atoms with Crippen LogP contribution < -0.4 is 5.32 Å². The number of aryl methyl sites for hydroxylation is 1. The molecule has 0 saturated heterocycles. The normalized spacial score (nSPS) is 10.4. The summed E-state index contributed by atoms with van der Waals surface area (Å²) in [4.78, 5) is 11.9. The Balaban J connectivity index is 1.72. The van der Waals surface area contributed by atoms with Crippen molar-refractivity contribution < 1.29 is 4.79 Å². The first-order valence-electron chi connectivity index (χ1n) is 6.83. The molecule has 0 aliphatic rings. The first-order valence-corrected chi connectivity index (χ1v) is 9.06. The summed E-state index contributed by atoms with van der Waals surface area (Å²) in [5, 5.41) is 2.98. The minimum Gasteiger partial charge on any atom is -0.326 e. The molecule has 2 rings (SSSR count). The Morgan fingerprint density at radius 1 is 1.19 bits per heavy atom. The third-order valence-electron chi connectivity index (χ3n) is 3.05. The monoisotopic (exact) mass is 411 g/mol. The predicted molar refractivity (Wildman–Crippen MR) is 99.7 cm³/mol. The Bertz CT molecular complexity index is 601. The number of thioether (sulfide) groups is 1. The van der Waals surface area contributed by atoms with Crippen LogP contribution in [-0.2, 0) is 10.5 Å². The van der Waals surface area contributed by atoms with E-state index in [9.17, 15) is 4.79 Å². The number of rotatable bonds is 6. The summed E-state index contributed by atoms with van der Waals surface area (Å²) in [6.45, 7) is 2.02. The van der Waals surface area contributed by atoms with Crippen LogP contribution >= 0.6 is 34.4 Å². The molecule has 4 heteroatoms. The van der Waals surface area contributed by atoms with Gasteiger partial charge in [-0.25, -0.2) is 0 Å². The maximum Gasteiger partial charge on any atom is 0.225 e. The van der Waals surface area contributed by atoms with E-state index in [1.165, 1.54) is 9.13 Å². The van der Waals surface area contributed by atoms with Crippen molar-refractivity contribution in [2.45, 2.75) is 19.1 Å². The van der Waals surface area contributed by atoms with Crippen LogP contribution in [0.2, 0.25) is 0 Å². The van der Waals surface area contributed by atoms with Gasteiger partial charge in [0.15, 0.2) is 0 Å². The molecule has 0 spiro atoms. The lowest BCUT2D eigenvalue weighted by Crippen LogP contribution is -2.13. The number of nitrogens with one attached hydrogen (secondary N) is 1. The number of carbonyl (C=O) groups excluding carboxylic acids is 1. The molecule has 0 radical (unpaired) electrons. The minimum atomic E-state index is 0.0832. The van der Waals surface area contributed by atoms with Gasteiger partial charge in [0, 0.05) is 27.2 Å². The van der Waals surface area contributed by atoms with E-state index in [0.29, 0.717) is 6.42 Å². The third-order valence-corrected chi connectivity index (χ3v) is 4.75. The highest BCUT2D eigenvalue weighted by Crippen LogP contribution is 2.18. The molecule has 21 heavy (non-hydrogen) atoms. The lowest BCUT2D eigenvalue weighted by Gasteiger charge is -2.08. The van der Waals surface area contributed by atoms with Crippen LogP contribution in [0.4, 0.5) is 5.69 Å². The van der Waals surface area contributed by atoms with Gasteiger partial charge in [-0.15, -0.1) is 0 Å². The van der Waals surface area contributed by atoms with Gasteiger partial charge in [-0.1, -0.05) is 30.3 Å². The molecule has 0 saturated carbocycles. The molecule has 0 atom stereocenters.